The van der Waals surface area contributed by atoms with Gasteiger partial charge in [0.1, 0.15) is 17.0 Å². The summed E-state index contributed by atoms with van der Waals surface area (Å²) in [5.41, 5.74) is 3.20. The zero-order valence-electron chi connectivity index (χ0n) is 18.0. The highest BCUT2D eigenvalue weighted by molar-refractivity contribution is 7.93. The molecule has 12 heteroatoms. The number of hydrogen-bond acceptors (Lipinski definition) is 8. The van der Waals surface area contributed by atoms with Gasteiger partial charge in [0, 0.05) is 30.2 Å². The molecule has 0 amide bonds. The summed E-state index contributed by atoms with van der Waals surface area (Å²) >= 11 is 0.815. The Morgan fingerprint density at radius 3 is 2.85 bits per heavy atom. The van der Waals surface area contributed by atoms with Crippen molar-refractivity contribution in [2.75, 3.05) is 17.8 Å². The summed E-state index contributed by atoms with van der Waals surface area (Å²) < 4.78 is 53.0. The lowest BCUT2D eigenvalue weighted by atomic mass is 9.92. The van der Waals surface area contributed by atoms with Crippen molar-refractivity contribution < 1.29 is 17.2 Å². The fraction of sp³-hybridized carbons (Fsp3) is 0.227. The number of rotatable bonds is 6. The maximum atomic E-state index is 15.0. The molecule has 1 aliphatic heterocycles. The van der Waals surface area contributed by atoms with Crippen molar-refractivity contribution in [3.8, 4) is 0 Å². The van der Waals surface area contributed by atoms with Crippen LogP contribution in [0.4, 0.5) is 9.52 Å². The SMILES string of the molecule is CC(c1ccccc1C1=CCNCC1)n1c(=O)oc2cc(S(=O)(=O)Nc3ncns3)c(F)cc21. The predicted octanol–water partition coefficient (Wildman–Crippen LogP) is 3.37. The minimum absolute atomic E-state index is 0.00373. The van der Waals surface area contributed by atoms with Crippen LogP contribution in [0, 0.1) is 5.82 Å². The van der Waals surface area contributed by atoms with E-state index in [1.54, 1.807) is 0 Å². The van der Waals surface area contributed by atoms with Gasteiger partial charge in [0.25, 0.3) is 10.0 Å². The molecule has 2 aromatic heterocycles. The Balaban J connectivity index is 1.59. The molecule has 2 aromatic carbocycles. The van der Waals surface area contributed by atoms with Gasteiger partial charge < -0.3 is 9.73 Å². The van der Waals surface area contributed by atoms with Crippen LogP contribution in [0.1, 0.15) is 30.5 Å². The maximum absolute atomic E-state index is 15.0. The summed E-state index contributed by atoms with van der Waals surface area (Å²) in [6.07, 6.45) is 4.15. The van der Waals surface area contributed by atoms with Crippen LogP contribution < -0.4 is 15.8 Å². The fourth-order valence-corrected chi connectivity index (χ4v) is 5.89. The molecule has 9 nitrogen and oxygen atoms in total. The number of hydrogen-bond donors (Lipinski definition) is 2. The fourth-order valence-electron chi connectivity index (χ4n) is 4.16. The minimum atomic E-state index is -4.30. The summed E-state index contributed by atoms with van der Waals surface area (Å²) in [6.45, 7) is 3.45. The number of anilines is 1. The summed E-state index contributed by atoms with van der Waals surface area (Å²) in [5, 5.41) is 3.28. The predicted molar refractivity (Wildman–Crippen MR) is 127 cm³/mol. The van der Waals surface area contributed by atoms with Gasteiger partial charge >= 0.3 is 5.76 Å². The number of nitrogens with one attached hydrogen (secondary N) is 2. The highest BCUT2D eigenvalue weighted by Gasteiger charge is 2.26. The van der Waals surface area contributed by atoms with Gasteiger partial charge in [-0.25, -0.2) is 22.6 Å². The van der Waals surface area contributed by atoms with Gasteiger partial charge in [-0.1, -0.05) is 30.3 Å². The van der Waals surface area contributed by atoms with E-state index in [1.165, 1.54) is 16.5 Å². The van der Waals surface area contributed by atoms with Crippen LogP contribution in [0.5, 0.6) is 0 Å². The van der Waals surface area contributed by atoms with E-state index in [0.29, 0.717) is 0 Å². The molecular weight excluding hydrogens is 481 g/mol. The Kier molecular flexibility index (Phi) is 5.80. The molecule has 176 valence electrons. The molecular formula is C22H20FN5O4S2. The molecule has 1 atom stereocenters. The Hall–Kier alpha value is -3.35. The van der Waals surface area contributed by atoms with Crippen LogP contribution >= 0.6 is 11.5 Å². The highest BCUT2D eigenvalue weighted by Crippen LogP contribution is 2.32. The van der Waals surface area contributed by atoms with E-state index in [4.69, 9.17) is 4.42 Å². The van der Waals surface area contributed by atoms with Gasteiger partial charge in [0.05, 0.1) is 11.6 Å². The van der Waals surface area contributed by atoms with Gasteiger partial charge in [-0.05, 0) is 36.6 Å². The van der Waals surface area contributed by atoms with Crippen LogP contribution in [0.2, 0.25) is 0 Å². The Bertz CT molecular complexity index is 1560. The molecule has 34 heavy (non-hydrogen) atoms. The largest absolute Gasteiger partial charge is 0.420 e. The Morgan fingerprint density at radius 2 is 2.12 bits per heavy atom. The van der Waals surface area contributed by atoms with Crippen LogP contribution in [0.3, 0.4) is 0 Å². The van der Waals surface area contributed by atoms with Crippen molar-refractivity contribution in [2.45, 2.75) is 24.3 Å². The molecule has 0 aliphatic carbocycles. The first kappa shape index (κ1) is 22.4. The molecule has 0 saturated carbocycles. The standard InChI is InChI=1S/C22H20FN5O4S2/c1-13(15-4-2-3-5-16(15)14-6-8-24-9-7-14)28-18-10-17(23)20(11-19(18)32-22(28)29)34(30,31)27-21-25-12-26-33-21/h2-6,10-13,24H,7-9H2,1H3,(H,25,26,27). The van der Waals surface area contributed by atoms with E-state index in [-0.39, 0.29) is 16.2 Å². The molecule has 0 fully saturated rings. The van der Waals surface area contributed by atoms with Gasteiger partial charge in [-0.3, -0.25) is 9.29 Å². The second kappa shape index (κ2) is 8.78. The van der Waals surface area contributed by atoms with Gasteiger partial charge in [0.15, 0.2) is 5.58 Å². The van der Waals surface area contributed by atoms with E-state index in [9.17, 15) is 13.2 Å². The third-order valence-electron chi connectivity index (χ3n) is 5.75. The molecule has 0 bridgehead atoms. The zero-order valence-corrected chi connectivity index (χ0v) is 19.6. The van der Waals surface area contributed by atoms with Crippen molar-refractivity contribution in [1.29, 1.82) is 0 Å². The molecule has 2 N–H and O–H groups in total. The molecule has 0 radical (unpaired) electrons. The summed E-state index contributed by atoms with van der Waals surface area (Å²) in [5.74, 6) is -1.72. The van der Waals surface area contributed by atoms with Crippen LogP contribution in [0.15, 0.2) is 62.9 Å². The summed E-state index contributed by atoms with van der Waals surface area (Å²) in [6, 6.07) is 9.29. The first-order chi connectivity index (χ1) is 16.3. The molecule has 1 unspecified atom stereocenters. The number of halogens is 1. The topological polar surface area (TPSA) is 119 Å². The number of benzene rings is 2. The number of aromatic nitrogens is 3. The first-order valence-electron chi connectivity index (χ1n) is 10.5. The first-order valence-corrected chi connectivity index (χ1v) is 12.7. The molecule has 3 heterocycles. The number of fused-ring (bicyclic) bond motifs is 1. The molecule has 0 spiro atoms. The third-order valence-corrected chi connectivity index (χ3v) is 7.81. The lowest BCUT2D eigenvalue weighted by molar-refractivity contribution is 0.489. The number of nitrogens with zero attached hydrogens (tertiary/aromatic N) is 3. The van der Waals surface area contributed by atoms with Crippen molar-refractivity contribution in [1.82, 2.24) is 19.2 Å². The lowest BCUT2D eigenvalue weighted by Crippen LogP contribution is -2.22. The molecule has 5 rings (SSSR count). The van der Waals surface area contributed by atoms with Crippen molar-refractivity contribution in [3.63, 3.8) is 0 Å². The average molecular weight is 502 g/mol. The smallest absolute Gasteiger partial charge is 0.408 e. The van der Waals surface area contributed by atoms with E-state index in [0.717, 1.165) is 54.3 Å². The van der Waals surface area contributed by atoms with Crippen LogP contribution in [-0.2, 0) is 10.0 Å². The van der Waals surface area contributed by atoms with Crippen LogP contribution in [-0.4, -0.2) is 35.4 Å². The maximum Gasteiger partial charge on any atom is 0.420 e. The van der Waals surface area contributed by atoms with E-state index < -0.39 is 32.5 Å². The number of oxazole rings is 1. The van der Waals surface area contributed by atoms with E-state index >= 15 is 4.39 Å². The normalized spacial score (nSPS) is 15.3. The van der Waals surface area contributed by atoms with E-state index in [2.05, 4.69) is 25.5 Å². The number of sulfonamides is 1. The van der Waals surface area contributed by atoms with Crippen LogP contribution in [0.25, 0.3) is 16.7 Å². The second-order valence-corrected chi connectivity index (χ2v) is 10.2. The Morgan fingerprint density at radius 1 is 1.29 bits per heavy atom. The molecule has 1 aliphatic rings. The van der Waals surface area contributed by atoms with Gasteiger partial charge in [-0.2, -0.15) is 4.37 Å². The molecule has 0 saturated heterocycles. The quantitative estimate of drug-likeness (QED) is 0.416. The summed E-state index contributed by atoms with van der Waals surface area (Å²) in [7, 11) is -4.30. The lowest BCUT2D eigenvalue weighted by Gasteiger charge is -2.21. The van der Waals surface area contributed by atoms with Crippen molar-refractivity contribution in [3.05, 3.63) is 76.3 Å². The second-order valence-electron chi connectivity index (χ2n) is 7.79. The van der Waals surface area contributed by atoms with E-state index in [1.807, 2.05) is 31.2 Å². The highest BCUT2D eigenvalue weighted by atomic mass is 32.2. The minimum Gasteiger partial charge on any atom is -0.408 e. The third kappa shape index (κ3) is 4.04. The van der Waals surface area contributed by atoms with Gasteiger partial charge in [-0.15, -0.1) is 0 Å². The van der Waals surface area contributed by atoms with Crippen molar-refractivity contribution >= 4 is 43.4 Å². The van der Waals surface area contributed by atoms with Gasteiger partial charge in [0.2, 0.25) is 5.13 Å². The Labute approximate surface area is 198 Å². The average Bonchev–Trinajstić information content (AvgIpc) is 3.44. The summed E-state index contributed by atoms with van der Waals surface area (Å²) in [4.78, 5) is 15.9. The molecule has 4 aromatic rings. The monoisotopic (exact) mass is 501 g/mol. The zero-order chi connectivity index (χ0) is 23.9. The van der Waals surface area contributed by atoms with Crippen molar-refractivity contribution in [2.24, 2.45) is 0 Å².